The van der Waals surface area contributed by atoms with Crippen LogP contribution in [0.4, 0.5) is 16.2 Å². The molecule has 1 aromatic rings. The van der Waals surface area contributed by atoms with E-state index in [1.165, 1.54) is 19.3 Å². The van der Waals surface area contributed by atoms with Crippen molar-refractivity contribution in [2.45, 2.75) is 31.7 Å². The summed E-state index contributed by atoms with van der Waals surface area (Å²) in [6.07, 6.45) is 4.08. The number of amides is 2. The van der Waals surface area contributed by atoms with Gasteiger partial charge in [-0.3, -0.25) is 0 Å². The Hall–Kier alpha value is -1.76. The SMILES string of the molecule is O=C(Nc1ccccc1N1CCCCC1)N[C@@H]1CCS(=O)(=O)C1. The zero-order valence-electron chi connectivity index (χ0n) is 13.1. The monoisotopic (exact) mass is 337 g/mol. The first-order valence-corrected chi connectivity index (χ1v) is 9.97. The highest BCUT2D eigenvalue weighted by molar-refractivity contribution is 7.91. The maximum Gasteiger partial charge on any atom is 0.319 e. The predicted molar refractivity (Wildman–Crippen MR) is 91.7 cm³/mol. The number of para-hydroxylation sites is 2. The van der Waals surface area contributed by atoms with Crippen LogP contribution in [0.3, 0.4) is 0 Å². The Balaban J connectivity index is 1.64. The molecular weight excluding hydrogens is 314 g/mol. The minimum absolute atomic E-state index is 0.0359. The predicted octanol–water partition coefficient (Wildman–Crippen LogP) is 1.99. The normalized spacial score (nSPS) is 23.5. The molecule has 7 heteroatoms. The van der Waals surface area contributed by atoms with Gasteiger partial charge in [-0.25, -0.2) is 13.2 Å². The summed E-state index contributed by atoms with van der Waals surface area (Å²) >= 11 is 0. The summed E-state index contributed by atoms with van der Waals surface area (Å²) in [5, 5.41) is 5.64. The van der Waals surface area contributed by atoms with E-state index >= 15 is 0 Å². The van der Waals surface area contributed by atoms with E-state index in [1.54, 1.807) is 0 Å². The fraction of sp³-hybridized carbons (Fsp3) is 0.562. The summed E-state index contributed by atoms with van der Waals surface area (Å²) in [6.45, 7) is 2.00. The fourth-order valence-electron chi connectivity index (χ4n) is 3.24. The van der Waals surface area contributed by atoms with E-state index < -0.39 is 9.84 Å². The molecule has 3 rings (SSSR count). The maximum absolute atomic E-state index is 12.2. The minimum Gasteiger partial charge on any atom is -0.370 e. The molecule has 0 unspecified atom stereocenters. The Kier molecular flexibility index (Phi) is 4.75. The van der Waals surface area contributed by atoms with Crippen LogP contribution in [0.5, 0.6) is 0 Å². The highest BCUT2D eigenvalue weighted by atomic mass is 32.2. The number of hydrogen-bond donors (Lipinski definition) is 2. The molecule has 2 fully saturated rings. The highest BCUT2D eigenvalue weighted by Gasteiger charge is 2.29. The standard InChI is InChI=1S/C16H23N3O3S/c20-16(17-13-8-11-23(21,22)12-13)18-14-6-2-3-7-15(14)19-9-4-1-5-10-19/h2-3,6-7,13H,1,4-5,8-12H2,(H2,17,18,20)/t13-/m1/s1. The lowest BCUT2D eigenvalue weighted by molar-refractivity contribution is 0.249. The smallest absolute Gasteiger partial charge is 0.319 e. The second-order valence-electron chi connectivity index (χ2n) is 6.26. The third kappa shape index (κ3) is 4.16. The lowest BCUT2D eigenvalue weighted by Crippen LogP contribution is -2.39. The third-order valence-corrected chi connectivity index (χ3v) is 6.18. The van der Waals surface area contributed by atoms with Crippen molar-refractivity contribution < 1.29 is 13.2 Å². The van der Waals surface area contributed by atoms with Gasteiger partial charge in [0.05, 0.1) is 22.9 Å². The number of hydrogen-bond acceptors (Lipinski definition) is 4. The molecule has 2 heterocycles. The zero-order chi connectivity index (χ0) is 16.3. The Bertz CT molecular complexity index is 669. The Labute approximate surface area is 137 Å². The average Bonchev–Trinajstić information content (AvgIpc) is 2.87. The number of piperidine rings is 1. The van der Waals surface area contributed by atoms with Gasteiger partial charge in [0.25, 0.3) is 0 Å². The Morgan fingerprint density at radius 2 is 1.87 bits per heavy atom. The van der Waals surface area contributed by atoms with Crippen molar-refractivity contribution >= 4 is 27.2 Å². The molecule has 0 saturated carbocycles. The van der Waals surface area contributed by atoms with Gasteiger partial charge in [0, 0.05) is 19.1 Å². The van der Waals surface area contributed by atoms with Crippen molar-refractivity contribution in [1.29, 1.82) is 0 Å². The van der Waals surface area contributed by atoms with Crippen molar-refractivity contribution in [3.05, 3.63) is 24.3 Å². The van der Waals surface area contributed by atoms with E-state index in [2.05, 4.69) is 15.5 Å². The molecule has 2 aliphatic rings. The Morgan fingerprint density at radius 3 is 2.57 bits per heavy atom. The molecule has 126 valence electrons. The van der Waals surface area contributed by atoms with E-state index in [1.807, 2.05) is 24.3 Å². The van der Waals surface area contributed by atoms with Gasteiger partial charge in [-0.05, 0) is 37.8 Å². The third-order valence-electron chi connectivity index (χ3n) is 4.42. The van der Waals surface area contributed by atoms with Gasteiger partial charge in [0.1, 0.15) is 0 Å². The summed E-state index contributed by atoms with van der Waals surface area (Å²) in [7, 11) is -2.99. The Morgan fingerprint density at radius 1 is 1.13 bits per heavy atom. The van der Waals surface area contributed by atoms with E-state index in [9.17, 15) is 13.2 Å². The summed E-state index contributed by atoms with van der Waals surface area (Å²) in [5.41, 5.74) is 1.80. The van der Waals surface area contributed by atoms with E-state index in [0.29, 0.717) is 6.42 Å². The first-order chi connectivity index (χ1) is 11.0. The number of carbonyl (C=O) groups excluding carboxylic acids is 1. The minimum atomic E-state index is -2.99. The van der Waals surface area contributed by atoms with Crippen molar-refractivity contribution in [3.63, 3.8) is 0 Å². The van der Waals surface area contributed by atoms with E-state index in [0.717, 1.165) is 24.5 Å². The molecular formula is C16H23N3O3S. The zero-order valence-corrected chi connectivity index (χ0v) is 13.9. The first kappa shape index (κ1) is 16.1. The van der Waals surface area contributed by atoms with Crippen molar-refractivity contribution in [2.75, 3.05) is 34.8 Å². The second-order valence-corrected chi connectivity index (χ2v) is 8.49. The lowest BCUT2D eigenvalue weighted by Gasteiger charge is -2.30. The number of nitrogens with one attached hydrogen (secondary N) is 2. The molecule has 0 spiro atoms. The molecule has 0 aliphatic carbocycles. The molecule has 0 aromatic heterocycles. The van der Waals surface area contributed by atoms with Crippen LogP contribution >= 0.6 is 0 Å². The van der Waals surface area contributed by atoms with Crippen LogP contribution in [0.2, 0.25) is 0 Å². The lowest BCUT2D eigenvalue weighted by atomic mass is 10.1. The molecule has 0 radical (unpaired) electrons. The number of anilines is 2. The van der Waals surface area contributed by atoms with Crippen LogP contribution in [0.15, 0.2) is 24.3 Å². The molecule has 1 atom stereocenters. The van der Waals surface area contributed by atoms with Crippen molar-refractivity contribution in [3.8, 4) is 0 Å². The average molecular weight is 337 g/mol. The summed E-state index contributed by atoms with van der Waals surface area (Å²) < 4.78 is 22.9. The number of carbonyl (C=O) groups is 1. The molecule has 2 aliphatic heterocycles. The summed E-state index contributed by atoms with van der Waals surface area (Å²) in [4.78, 5) is 14.5. The van der Waals surface area contributed by atoms with E-state index in [-0.39, 0.29) is 23.6 Å². The van der Waals surface area contributed by atoms with Crippen LogP contribution in [0, 0.1) is 0 Å². The first-order valence-electron chi connectivity index (χ1n) is 8.15. The molecule has 2 saturated heterocycles. The van der Waals surface area contributed by atoms with E-state index in [4.69, 9.17) is 0 Å². The number of benzene rings is 1. The summed E-state index contributed by atoms with van der Waals surface area (Å²) in [5.74, 6) is 0.191. The molecule has 23 heavy (non-hydrogen) atoms. The fourth-order valence-corrected chi connectivity index (χ4v) is 4.92. The summed E-state index contributed by atoms with van der Waals surface area (Å²) in [6, 6.07) is 7.13. The van der Waals surface area contributed by atoms with Gasteiger partial charge in [0.2, 0.25) is 0 Å². The quantitative estimate of drug-likeness (QED) is 0.884. The van der Waals surface area contributed by atoms with Gasteiger partial charge in [-0.15, -0.1) is 0 Å². The molecule has 0 bridgehead atoms. The van der Waals surface area contributed by atoms with Crippen LogP contribution in [0.25, 0.3) is 0 Å². The second kappa shape index (κ2) is 6.78. The van der Waals surface area contributed by atoms with Gasteiger partial charge in [-0.1, -0.05) is 12.1 Å². The van der Waals surface area contributed by atoms with Crippen LogP contribution in [-0.2, 0) is 9.84 Å². The number of urea groups is 1. The van der Waals surface area contributed by atoms with Crippen LogP contribution < -0.4 is 15.5 Å². The van der Waals surface area contributed by atoms with Crippen LogP contribution in [-0.4, -0.2) is 45.1 Å². The topological polar surface area (TPSA) is 78.5 Å². The number of rotatable bonds is 3. The molecule has 6 nitrogen and oxygen atoms in total. The molecule has 2 N–H and O–H groups in total. The maximum atomic E-state index is 12.2. The number of nitrogens with zero attached hydrogens (tertiary/aromatic N) is 1. The van der Waals surface area contributed by atoms with Crippen molar-refractivity contribution in [2.24, 2.45) is 0 Å². The van der Waals surface area contributed by atoms with Gasteiger partial charge >= 0.3 is 6.03 Å². The number of sulfone groups is 1. The van der Waals surface area contributed by atoms with Gasteiger partial charge < -0.3 is 15.5 Å². The van der Waals surface area contributed by atoms with Crippen molar-refractivity contribution in [1.82, 2.24) is 5.32 Å². The van der Waals surface area contributed by atoms with Crippen LogP contribution in [0.1, 0.15) is 25.7 Å². The molecule has 2 amide bonds. The van der Waals surface area contributed by atoms with Gasteiger partial charge in [-0.2, -0.15) is 0 Å². The largest absolute Gasteiger partial charge is 0.370 e. The molecule has 1 aromatic carbocycles. The highest BCUT2D eigenvalue weighted by Crippen LogP contribution is 2.28. The van der Waals surface area contributed by atoms with Gasteiger partial charge in [0.15, 0.2) is 9.84 Å².